The monoisotopic (exact) mass is 762 g/mol. The lowest BCUT2D eigenvalue weighted by Crippen LogP contribution is -2.58. The molecule has 8 rings (SSSR count). The topological polar surface area (TPSA) is 192 Å². The number of carbonyl (C=O) groups is 4. The van der Waals surface area contributed by atoms with Crippen LogP contribution < -0.4 is 31.1 Å². The van der Waals surface area contributed by atoms with Crippen molar-refractivity contribution < 1.29 is 32.3 Å². The van der Waals surface area contributed by atoms with Crippen LogP contribution in [0, 0.1) is 5.92 Å². The van der Waals surface area contributed by atoms with Crippen LogP contribution in [0.25, 0.3) is 0 Å². The van der Waals surface area contributed by atoms with Crippen molar-refractivity contribution in [1.29, 1.82) is 0 Å². The quantitative estimate of drug-likeness (QED) is 0.273. The number of ether oxygens (including phenoxy) is 1. The third-order valence-corrected chi connectivity index (χ3v) is 13.7. The number of nitrogens with one attached hydrogen (secondary N) is 3. The first-order valence-corrected chi connectivity index (χ1v) is 20.7. The number of anilines is 2. The Kier molecular flexibility index (Phi) is 9.51. The van der Waals surface area contributed by atoms with Crippen molar-refractivity contribution in [2.24, 2.45) is 5.92 Å². The molecule has 0 aromatic heterocycles. The van der Waals surface area contributed by atoms with Crippen LogP contribution >= 0.6 is 0 Å². The molecule has 54 heavy (non-hydrogen) atoms. The Morgan fingerprint density at radius 2 is 1.70 bits per heavy atom. The lowest BCUT2D eigenvalue weighted by molar-refractivity contribution is -0.140. The fraction of sp³-hybridized carbons (Fsp3) is 0.579. The molecule has 4 fully saturated rings. The molecule has 288 valence electrons. The van der Waals surface area contributed by atoms with Gasteiger partial charge in [0.1, 0.15) is 35.1 Å². The van der Waals surface area contributed by atoms with Gasteiger partial charge in [0, 0.05) is 38.5 Å². The number of benzene rings is 1. The van der Waals surface area contributed by atoms with Crippen LogP contribution in [0.3, 0.4) is 0 Å². The van der Waals surface area contributed by atoms with E-state index in [9.17, 15) is 37.2 Å². The van der Waals surface area contributed by atoms with Crippen molar-refractivity contribution >= 4 is 45.2 Å². The van der Waals surface area contributed by atoms with Crippen LogP contribution in [0.1, 0.15) is 75.3 Å². The molecule has 2 saturated heterocycles. The molecule has 2 aromatic carbocycles. The average Bonchev–Trinajstić information content (AvgIpc) is 4.07. The van der Waals surface area contributed by atoms with E-state index in [1.54, 1.807) is 4.90 Å². The second-order valence-electron chi connectivity index (χ2n) is 15.6. The van der Waals surface area contributed by atoms with Gasteiger partial charge in [-0.15, -0.1) is 0 Å². The molecule has 4 aliphatic heterocycles. The lowest BCUT2D eigenvalue weighted by Gasteiger charge is -2.36. The van der Waals surface area contributed by atoms with E-state index in [0.717, 1.165) is 30.4 Å². The summed E-state index contributed by atoms with van der Waals surface area (Å²) in [5.74, 6) is -2.44. The van der Waals surface area contributed by atoms with E-state index in [-0.39, 0.29) is 30.8 Å². The van der Waals surface area contributed by atoms with E-state index in [2.05, 4.69) is 15.4 Å². The van der Waals surface area contributed by atoms with Crippen LogP contribution in [-0.4, -0.2) is 97.2 Å². The van der Waals surface area contributed by atoms with Crippen molar-refractivity contribution in [3.8, 4) is 0 Å². The summed E-state index contributed by atoms with van der Waals surface area (Å²) in [5, 5.41) is 5.29. The van der Waals surface area contributed by atoms with Crippen molar-refractivity contribution in [2.75, 3.05) is 36.4 Å². The third-order valence-electron chi connectivity index (χ3n) is 11.9. The van der Waals surface area contributed by atoms with E-state index in [1.165, 1.54) is 4.90 Å². The second-order valence-corrected chi connectivity index (χ2v) is 17.6. The molecular formula is C38H46N6O9S. The van der Waals surface area contributed by atoms with E-state index in [4.69, 9.17) is 4.74 Å². The molecule has 2 saturated carbocycles. The Balaban J connectivity index is 1.07. The highest BCUT2D eigenvalue weighted by atomic mass is 32.2. The maximum Gasteiger partial charge on any atom is 0.410 e. The van der Waals surface area contributed by atoms with Gasteiger partial charge in [0.05, 0.1) is 11.8 Å². The number of hydrogen-bond acceptors (Lipinski definition) is 11. The normalized spacial score (nSPS) is 29.4. The molecule has 15 nitrogen and oxygen atoms in total. The fourth-order valence-corrected chi connectivity index (χ4v) is 9.61. The van der Waals surface area contributed by atoms with Gasteiger partial charge in [-0.2, -0.15) is 0 Å². The van der Waals surface area contributed by atoms with Crippen LogP contribution in [0.2, 0.25) is 0 Å². The molecule has 0 bridgehead atoms. The Hall–Kier alpha value is -4.73. The van der Waals surface area contributed by atoms with Gasteiger partial charge < -0.3 is 30.1 Å². The predicted molar refractivity (Wildman–Crippen MR) is 198 cm³/mol. The zero-order valence-corrected chi connectivity index (χ0v) is 30.9. The first kappa shape index (κ1) is 36.3. The Morgan fingerprint density at radius 1 is 0.926 bits per heavy atom. The van der Waals surface area contributed by atoms with Crippen molar-refractivity contribution in [2.45, 2.75) is 106 Å². The van der Waals surface area contributed by atoms with Crippen LogP contribution in [-0.2, 0) is 42.1 Å². The summed E-state index contributed by atoms with van der Waals surface area (Å²) >= 11 is 0. The summed E-state index contributed by atoms with van der Waals surface area (Å²) in [4.78, 5) is 86.3. The zero-order valence-electron chi connectivity index (χ0n) is 30.1. The molecule has 0 unspecified atom stereocenters. The number of rotatable bonds is 7. The third kappa shape index (κ3) is 6.88. The van der Waals surface area contributed by atoms with E-state index < -0.39 is 79.6 Å². The summed E-state index contributed by atoms with van der Waals surface area (Å²) in [5.41, 5.74) is -0.270. The Morgan fingerprint density at radius 3 is 2.44 bits per heavy atom. The predicted octanol–water partition coefficient (Wildman–Crippen LogP) is 1.44. The van der Waals surface area contributed by atoms with Gasteiger partial charge in [0.2, 0.25) is 21.8 Å². The van der Waals surface area contributed by atoms with Crippen LogP contribution in [0.5, 0.6) is 0 Å². The van der Waals surface area contributed by atoms with Gasteiger partial charge in [-0.1, -0.05) is 49.3 Å². The number of amides is 4. The van der Waals surface area contributed by atoms with E-state index >= 15 is 0 Å². The Bertz CT molecular complexity index is 2070. The SMILES string of the molecule is O=C1N[C@]2(C(=O)NS(=O)(=O)C3CC3)C[C@@H]2/C=C\CCCCC[C@H](Nc2c(N3CCC3)c(=O)c2=O)C(=O)N2C[C@H](OC(=O)N3CCc4ccccc4C3)C[C@@H]12. The Labute approximate surface area is 313 Å². The van der Waals surface area contributed by atoms with Gasteiger partial charge in [-0.05, 0) is 62.5 Å². The van der Waals surface area contributed by atoms with Gasteiger partial charge in [0.15, 0.2) is 0 Å². The first-order valence-electron chi connectivity index (χ1n) is 19.2. The van der Waals surface area contributed by atoms with Gasteiger partial charge in [0.25, 0.3) is 16.8 Å². The maximum absolute atomic E-state index is 14.6. The standard InChI is InChI=1S/C38H46N6O9S/c45-32-30(31(33(32)46)42-16-8-17-42)39-28-12-5-3-1-2-4-11-25-20-38(25,36(49)41-54(51,52)27-13-14-27)40-34(47)29-19-26(22-44(29)35(28)48)53-37(50)43-18-15-23-9-6-7-10-24(23)21-43/h4,6-7,9-11,25-29,39H,1-3,5,8,12-22H2,(H,40,47)(H,41,49)/b11-4-/t25-,26+,28-,29-,38+/m0/s1. The van der Waals surface area contributed by atoms with Crippen LogP contribution in [0.4, 0.5) is 16.2 Å². The maximum atomic E-state index is 14.6. The number of nitrogens with zero attached hydrogens (tertiary/aromatic N) is 3. The molecule has 2 aromatic rings. The minimum Gasteiger partial charge on any atom is -0.444 e. The minimum absolute atomic E-state index is 0.0574. The first-order chi connectivity index (χ1) is 25.9. The molecular weight excluding hydrogens is 717 g/mol. The summed E-state index contributed by atoms with van der Waals surface area (Å²) in [7, 11) is -3.91. The van der Waals surface area contributed by atoms with Crippen LogP contribution in [0.15, 0.2) is 46.0 Å². The largest absolute Gasteiger partial charge is 0.444 e. The van der Waals surface area contributed by atoms with Crippen molar-refractivity contribution in [3.05, 3.63) is 68.0 Å². The zero-order chi connectivity index (χ0) is 37.8. The molecule has 4 amide bonds. The molecule has 6 aliphatic rings. The smallest absolute Gasteiger partial charge is 0.410 e. The number of carbonyl (C=O) groups excluding carboxylic acids is 4. The molecule has 4 heterocycles. The van der Waals surface area contributed by atoms with E-state index in [0.29, 0.717) is 64.7 Å². The van der Waals surface area contributed by atoms with E-state index in [1.807, 2.05) is 41.3 Å². The van der Waals surface area contributed by atoms with Gasteiger partial charge in [-0.25, -0.2) is 13.2 Å². The lowest BCUT2D eigenvalue weighted by atomic mass is 10.0. The van der Waals surface area contributed by atoms with Gasteiger partial charge >= 0.3 is 6.09 Å². The average molecular weight is 763 g/mol. The summed E-state index contributed by atoms with van der Waals surface area (Å²) in [6, 6.07) is 5.71. The summed E-state index contributed by atoms with van der Waals surface area (Å²) in [6.45, 7) is 1.95. The van der Waals surface area contributed by atoms with Crippen molar-refractivity contribution in [3.63, 3.8) is 0 Å². The molecule has 2 aliphatic carbocycles. The highest BCUT2D eigenvalue weighted by molar-refractivity contribution is 7.91. The number of fused-ring (bicyclic) bond motifs is 3. The molecule has 0 spiro atoms. The highest BCUT2D eigenvalue weighted by Crippen LogP contribution is 2.46. The number of hydrogen-bond donors (Lipinski definition) is 3. The summed E-state index contributed by atoms with van der Waals surface area (Å²) in [6.07, 6.45) is 8.05. The minimum atomic E-state index is -3.91. The second kappa shape index (κ2) is 14.2. The molecule has 3 N–H and O–H groups in total. The number of allylic oxidation sites excluding steroid dienone is 1. The molecule has 16 heteroatoms. The fourth-order valence-electron chi connectivity index (χ4n) is 8.25. The molecule has 0 radical (unpaired) electrons. The van der Waals surface area contributed by atoms with Gasteiger partial charge in [-0.3, -0.25) is 28.7 Å². The van der Waals surface area contributed by atoms with Crippen molar-refractivity contribution in [1.82, 2.24) is 19.8 Å². The molecule has 5 atom stereocenters. The summed E-state index contributed by atoms with van der Waals surface area (Å²) < 4.78 is 33.8. The highest BCUT2D eigenvalue weighted by Gasteiger charge is 2.62. The number of sulfonamides is 1.